The molecule has 0 saturated carbocycles. The van der Waals surface area contributed by atoms with Crippen molar-refractivity contribution >= 4 is 5.97 Å². The standard InChI is InChI=1S/C13H18O2/c1-5-9-8-10(13(2,3)4)6-7-11(9)12(14)15/h6-8H,5H2,1-4H3,(H,14,15). The zero-order chi connectivity index (χ0) is 11.6. The zero-order valence-corrected chi connectivity index (χ0v) is 9.79. The van der Waals surface area contributed by atoms with E-state index in [1.165, 1.54) is 5.56 Å². The number of carbonyl (C=O) groups is 1. The quantitative estimate of drug-likeness (QED) is 0.806. The van der Waals surface area contributed by atoms with Gasteiger partial charge in [-0.05, 0) is 29.0 Å². The molecule has 0 saturated heterocycles. The van der Waals surface area contributed by atoms with Crippen LogP contribution in [-0.2, 0) is 11.8 Å². The summed E-state index contributed by atoms with van der Waals surface area (Å²) in [6.45, 7) is 8.36. The minimum Gasteiger partial charge on any atom is -0.478 e. The summed E-state index contributed by atoms with van der Waals surface area (Å²) >= 11 is 0. The number of rotatable bonds is 2. The van der Waals surface area contributed by atoms with Crippen LogP contribution in [0.1, 0.15) is 49.2 Å². The molecule has 0 spiro atoms. The minimum atomic E-state index is -0.840. The number of carboxylic acid groups (broad SMARTS) is 1. The Balaban J connectivity index is 3.25. The van der Waals surface area contributed by atoms with Crippen molar-refractivity contribution in [2.24, 2.45) is 0 Å². The SMILES string of the molecule is CCc1cc(C(C)(C)C)ccc1C(=O)O. The lowest BCUT2D eigenvalue weighted by Gasteiger charge is -2.20. The molecule has 0 unspecified atom stereocenters. The van der Waals surface area contributed by atoms with Gasteiger partial charge in [0.15, 0.2) is 0 Å². The van der Waals surface area contributed by atoms with Crippen LogP contribution < -0.4 is 0 Å². The smallest absolute Gasteiger partial charge is 0.335 e. The van der Waals surface area contributed by atoms with Crippen LogP contribution in [0.5, 0.6) is 0 Å². The first kappa shape index (κ1) is 11.8. The zero-order valence-electron chi connectivity index (χ0n) is 9.79. The van der Waals surface area contributed by atoms with Gasteiger partial charge in [-0.25, -0.2) is 4.79 Å². The van der Waals surface area contributed by atoms with Gasteiger partial charge in [0.25, 0.3) is 0 Å². The van der Waals surface area contributed by atoms with Crippen LogP contribution in [0.25, 0.3) is 0 Å². The highest BCUT2D eigenvalue weighted by atomic mass is 16.4. The van der Waals surface area contributed by atoms with E-state index in [1.54, 1.807) is 6.07 Å². The molecule has 2 heteroatoms. The van der Waals surface area contributed by atoms with Crippen molar-refractivity contribution in [3.63, 3.8) is 0 Å². The maximum atomic E-state index is 10.9. The Bertz CT molecular complexity index is 373. The molecule has 0 amide bonds. The normalized spacial score (nSPS) is 11.5. The number of benzene rings is 1. The van der Waals surface area contributed by atoms with E-state index in [-0.39, 0.29) is 5.41 Å². The fourth-order valence-electron chi connectivity index (χ4n) is 1.56. The predicted molar refractivity (Wildman–Crippen MR) is 61.5 cm³/mol. The van der Waals surface area contributed by atoms with Gasteiger partial charge in [0.05, 0.1) is 5.56 Å². The molecule has 0 atom stereocenters. The van der Waals surface area contributed by atoms with E-state index in [2.05, 4.69) is 20.8 Å². The van der Waals surface area contributed by atoms with E-state index in [0.29, 0.717) is 5.56 Å². The Morgan fingerprint density at radius 3 is 2.33 bits per heavy atom. The molecule has 0 aliphatic heterocycles. The largest absolute Gasteiger partial charge is 0.478 e. The van der Waals surface area contributed by atoms with Gasteiger partial charge in [0.2, 0.25) is 0 Å². The summed E-state index contributed by atoms with van der Waals surface area (Å²) < 4.78 is 0. The van der Waals surface area contributed by atoms with Gasteiger partial charge in [-0.15, -0.1) is 0 Å². The van der Waals surface area contributed by atoms with Crippen molar-refractivity contribution in [2.45, 2.75) is 39.5 Å². The maximum Gasteiger partial charge on any atom is 0.335 e. The molecule has 0 heterocycles. The molecule has 1 rings (SSSR count). The number of aromatic carboxylic acids is 1. The van der Waals surface area contributed by atoms with Crippen molar-refractivity contribution in [2.75, 3.05) is 0 Å². The molecule has 0 radical (unpaired) electrons. The summed E-state index contributed by atoms with van der Waals surface area (Å²) in [5.74, 6) is -0.840. The molecule has 15 heavy (non-hydrogen) atoms. The van der Waals surface area contributed by atoms with Crippen LogP contribution in [0.3, 0.4) is 0 Å². The summed E-state index contributed by atoms with van der Waals surface area (Å²) in [6.07, 6.45) is 0.756. The van der Waals surface area contributed by atoms with Crippen molar-refractivity contribution in [3.05, 3.63) is 34.9 Å². The van der Waals surface area contributed by atoms with Crippen molar-refractivity contribution in [1.82, 2.24) is 0 Å². The Morgan fingerprint density at radius 1 is 1.33 bits per heavy atom. The summed E-state index contributed by atoms with van der Waals surface area (Å²) in [5, 5.41) is 8.99. The molecule has 1 N–H and O–H groups in total. The van der Waals surface area contributed by atoms with Crippen LogP contribution >= 0.6 is 0 Å². The molecule has 1 aromatic rings. The third-order valence-corrected chi connectivity index (χ3v) is 2.58. The number of aryl methyl sites for hydroxylation is 1. The average Bonchev–Trinajstić information content (AvgIpc) is 2.15. The highest BCUT2D eigenvalue weighted by Gasteiger charge is 2.16. The van der Waals surface area contributed by atoms with Crippen molar-refractivity contribution < 1.29 is 9.90 Å². The summed E-state index contributed by atoms with van der Waals surface area (Å²) in [5.41, 5.74) is 2.59. The number of hydrogen-bond acceptors (Lipinski definition) is 1. The van der Waals surface area contributed by atoms with Crippen LogP contribution in [-0.4, -0.2) is 11.1 Å². The van der Waals surface area contributed by atoms with Crippen LogP contribution in [0.15, 0.2) is 18.2 Å². The Hall–Kier alpha value is -1.31. The fraction of sp³-hybridized carbons (Fsp3) is 0.462. The third kappa shape index (κ3) is 2.58. The van der Waals surface area contributed by atoms with E-state index in [4.69, 9.17) is 5.11 Å². The first-order chi connectivity index (χ1) is 6.86. The fourth-order valence-corrected chi connectivity index (χ4v) is 1.56. The Labute approximate surface area is 90.9 Å². The second-order valence-electron chi connectivity index (χ2n) is 4.78. The Morgan fingerprint density at radius 2 is 1.93 bits per heavy atom. The number of hydrogen-bond donors (Lipinski definition) is 1. The van der Waals surface area contributed by atoms with Crippen LogP contribution in [0.2, 0.25) is 0 Å². The highest BCUT2D eigenvalue weighted by molar-refractivity contribution is 5.89. The van der Waals surface area contributed by atoms with E-state index < -0.39 is 5.97 Å². The molecule has 0 aromatic heterocycles. The molecule has 0 fully saturated rings. The lowest BCUT2D eigenvalue weighted by molar-refractivity contribution is 0.0695. The average molecular weight is 206 g/mol. The minimum absolute atomic E-state index is 0.0704. The van der Waals surface area contributed by atoms with E-state index >= 15 is 0 Å². The van der Waals surface area contributed by atoms with Gasteiger partial charge >= 0.3 is 5.97 Å². The second kappa shape index (κ2) is 4.05. The first-order valence-corrected chi connectivity index (χ1v) is 5.23. The maximum absolute atomic E-state index is 10.9. The van der Waals surface area contributed by atoms with Crippen molar-refractivity contribution in [3.8, 4) is 0 Å². The number of carboxylic acids is 1. The van der Waals surface area contributed by atoms with Crippen LogP contribution in [0.4, 0.5) is 0 Å². The highest BCUT2D eigenvalue weighted by Crippen LogP contribution is 2.24. The molecule has 1 aromatic carbocycles. The van der Waals surface area contributed by atoms with Gasteiger partial charge in [0, 0.05) is 0 Å². The summed E-state index contributed by atoms with van der Waals surface area (Å²) in [4.78, 5) is 10.9. The van der Waals surface area contributed by atoms with Gasteiger partial charge in [-0.1, -0.05) is 39.8 Å². The molecule has 82 valence electrons. The lowest BCUT2D eigenvalue weighted by Crippen LogP contribution is -2.13. The van der Waals surface area contributed by atoms with Crippen LogP contribution in [0, 0.1) is 0 Å². The lowest BCUT2D eigenvalue weighted by atomic mass is 9.85. The Kier molecular flexibility index (Phi) is 3.18. The van der Waals surface area contributed by atoms with Gasteiger partial charge in [-0.2, -0.15) is 0 Å². The third-order valence-electron chi connectivity index (χ3n) is 2.58. The summed E-state index contributed by atoms with van der Waals surface area (Å²) in [7, 11) is 0. The molecular formula is C13H18O2. The van der Waals surface area contributed by atoms with Gasteiger partial charge in [0.1, 0.15) is 0 Å². The van der Waals surface area contributed by atoms with Gasteiger partial charge < -0.3 is 5.11 Å². The molecule has 0 bridgehead atoms. The molecular weight excluding hydrogens is 188 g/mol. The van der Waals surface area contributed by atoms with Crippen molar-refractivity contribution in [1.29, 1.82) is 0 Å². The predicted octanol–water partition coefficient (Wildman–Crippen LogP) is 3.24. The monoisotopic (exact) mass is 206 g/mol. The topological polar surface area (TPSA) is 37.3 Å². The summed E-state index contributed by atoms with van der Waals surface area (Å²) in [6, 6.07) is 5.62. The second-order valence-corrected chi connectivity index (χ2v) is 4.78. The molecule has 0 aliphatic rings. The van der Waals surface area contributed by atoms with E-state index in [0.717, 1.165) is 12.0 Å². The first-order valence-electron chi connectivity index (χ1n) is 5.23. The van der Waals surface area contributed by atoms with Gasteiger partial charge in [-0.3, -0.25) is 0 Å². The molecule has 2 nitrogen and oxygen atoms in total. The van der Waals surface area contributed by atoms with E-state index in [1.807, 2.05) is 19.1 Å². The molecule has 0 aliphatic carbocycles. The van der Waals surface area contributed by atoms with E-state index in [9.17, 15) is 4.79 Å².